The molecule has 1 saturated heterocycles. The van der Waals surface area contributed by atoms with E-state index in [0.29, 0.717) is 18.3 Å². The van der Waals surface area contributed by atoms with E-state index in [4.69, 9.17) is 7.85 Å². The number of benzene rings is 1. The zero-order valence-electron chi connectivity index (χ0n) is 14.3. The molecule has 9 heteroatoms. The summed E-state index contributed by atoms with van der Waals surface area (Å²) in [7, 11) is 6.44. The van der Waals surface area contributed by atoms with Gasteiger partial charge in [-0.15, -0.1) is 0 Å². The Kier molecular flexibility index (Phi) is 4.28. The molecule has 2 aliphatic heterocycles. The molecule has 0 bridgehead atoms. The summed E-state index contributed by atoms with van der Waals surface area (Å²) >= 11 is 1.56. The van der Waals surface area contributed by atoms with Gasteiger partial charge in [0.05, 0.1) is 0 Å². The zero-order valence-corrected chi connectivity index (χ0v) is 16.0. The summed E-state index contributed by atoms with van der Waals surface area (Å²) in [6.45, 7) is 0.662. The minimum absolute atomic E-state index is 0.332. The van der Waals surface area contributed by atoms with Crippen LogP contribution in [0.15, 0.2) is 23.2 Å². The van der Waals surface area contributed by atoms with Gasteiger partial charge in [0.15, 0.2) is 10.5 Å². The Morgan fingerprint density at radius 1 is 1.40 bits per heavy atom. The van der Waals surface area contributed by atoms with Gasteiger partial charge >= 0.3 is 0 Å². The highest BCUT2D eigenvalue weighted by molar-refractivity contribution is 8.14. The summed E-state index contributed by atoms with van der Waals surface area (Å²) in [6.07, 6.45) is 2.09. The number of hydrogen-bond donors (Lipinski definition) is 1. The minimum Gasteiger partial charge on any atom is -0.331 e. The SMILES string of the molecule is [B]C1N=C2SCCN2C1S(=O)(=O)Nc1ccc2c(c1)C(N(C)C)CC2. The summed E-state index contributed by atoms with van der Waals surface area (Å²) in [6, 6.07) is 6.16. The van der Waals surface area contributed by atoms with Crippen LogP contribution in [0.25, 0.3) is 0 Å². The number of aryl methyl sites for hydroxylation is 1. The number of thioether (sulfide) groups is 1. The Labute approximate surface area is 154 Å². The second-order valence-electron chi connectivity index (χ2n) is 6.91. The predicted octanol–water partition coefficient (Wildman–Crippen LogP) is 1.22. The Morgan fingerprint density at radius 2 is 2.20 bits per heavy atom. The number of anilines is 1. The molecule has 6 nitrogen and oxygen atoms in total. The van der Waals surface area contributed by atoms with Crippen LogP contribution in [0.4, 0.5) is 5.69 Å². The lowest BCUT2D eigenvalue weighted by Gasteiger charge is -2.26. The van der Waals surface area contributed by atoms with Crippen LogP contribution < -0.4 is 4.72 Å². The lowest BCUT2D eigenvalue weighted by atomic mass is 9.98. The van der Waals surface area contributed by atoms with Crippen molar-refractivity contribution in [2.45, 2.75) is 30.2 Å². The van der Waals surface area contributed by atoms with Gasteiger partial charge in [0.2, 0.25) is 0 Å². The van der Waals surface area contributed by atoms with Gasteiger partial charge in [-0.2, -0.15) is 0 Å². The zero-order chi connectivity index (χ0) is 17.8. The highest BCUT2D eigenvalue weighted by atomic mass is 32.2. The molecule has 4 rings (SSSR count). The molecule has 0 saturated carbocycles. The second kappa shape index (κ2) is 6.21. The molecule has 1 aromatic carbocycles. The molecule has 3 unspecified atom stereocenters. The molecule has 0 spiro atoms. The second-order valence-corrected chi connectivity index (χ2v) is 9.75. The third kappa shape index (κ3) is 2.96. The number of nitrogens with one attached hydrogen (secondary N) is 1. The van der Waals surface area contributed by atoms with Crippen LogP contribution in [-0.4, -0.2) is 68.9 Å². The predicted molar refractivity (Wildman–Crippen MR) is 104 cm³/mol. The maximum Gasteiger partial charge on any atom is 0.255 e. The van der Waals surface area contributed by atoms with E-state index in [1.807, 2.05) is 18.2 Å². The maximum atomic E-state index is 12.9. The molecule has 25 heavy (non-hydrogen) atoms. The van der Waals surface area contributed by atoms with E-state index in [0.717, 1.165) is 23.8 Å². The Bertz CT molecular complexity index is 827. The normalized spacial score (nSPS) is 28.2. The fraction of sp³-hybridized carbons (Fsp3) is 0.562. The summed E-state index contributed by atoms with van der Waals surface area (Å²) < 4.78 is 28.6. The topological polar surface area (TPSA) is 65.0 Å². The first-order chi connectivity index (χ1) is 11.9. The molecule has 0 amide bonds. The summed E-state index contributed by atoms with van der Waals surface area (Å²) in [5.74, 6) is 0.102. The fourth-order valence-corrected chi connectivity index (χ4v) is 6.54. The first kappa shape index (κ1) is 17.2. The molecule has 132 valence electrons. The van der Waals surface area contributed by atoms with Gasteiger partial charge in [0, 0.05) is 30.0 Å². The van der Waals surface area contributed by atoms with Gasteiger partial charge in [-0.05, 0) is 50.2 Å². The molecule has 0 aromatic heterocycles. The van der Waals surface area contributed by atoms with Crippen molar-refractivity contribution in [3.05, 3.63) is 29.3 Å². The number of sulfonamides is 1. The summed E-state index contributed by atoms with van der Waals surface area (Å²) in [4.78, 5) is 8.27. The van der Waals surface area contributed by atoms with Gasteiger partial charge in [-0.1, -0.05) is 17.8 Å². The van der Waals surface area contributed by atoms with Crippen molar-refractivity contribution in [2.75, 3.05) is 31.1 Å². The smallest absolute Gasteiger partial charge is 0.255 e. The highest BCUT2D eigenvalue weighted by Crippen LogP contribution is 2.37. The summed E-state index contributed by atoms with van der Waals surface area (Å²) in [5.41, 5.74) is 3.09. The van der Waals surface area contributed by atoms with Gasteiger partial charge < -0.3 is 9.80 Å². The molecule has 2 radical (unpaired) electrons. The highest BCUT2D eigenvalue weighted by Gasteiger charge is 2.44. The van der Waals surface area contributed by atoms with Gasteiger partial charge in [-0.25, -0.2) is 8.42 Å². The van der Waals surface area contributed by atoms with Gasteiger partial charge in [-0.3, -0.25) is 9.71 Å². The van der Waals surface area contributed by atoms with Crippen molar-refractivity contribution in [3.8, 4) is 0 Å². The number of amidine groups is 1. The average molecular weight is 376 g/mol. The van der Waals surface area contributed by atoms with E-state index in [-0.39, 0.29) is 0 Å². The monoisotopic (exact) mass is 376 g/mol. The van der Waals surface area contributed by atoms with E-state index >= 15 is 0 Å². The Balaban J connectivity index is 1.59. The first-order valence-corrected chi connectivity index (χ1v) is 10.9. The standard InChI is InChI=1S/C16H21BN4O2S2/c1-20(2)13-6-4-10-3-5-11(9-12(10)13)19-25(22,23)15-14(17)18-16-21(15)7-8-24-16/h3,5,9,13-15,19H,4,6-8H2,1-2H3. The first-order valence-electron chi connectivity index (χ1n) is 8.40. The van der Waals surface area contributed by atoms with Crippen LogP contribution in [0.5, 0.6) is 0 Å². The number of fused-ring (bicyclic) bond motifs is 2. The van der Waals surface area contributed by atoms with Crippen LogP contribution in [-0.2, 0) is 16.4 Å². The molecular formula is C16H21BN4O2S2. The van der Waals surface area contributed by atoms with E-state index in [2.05, 4.69) is 28.7 Å². The molecule has 1 fully saturated rings. The lowest BCUT2D eigenvalue weighted by molar-refractivity contribution is 0.299. The molecule has 2 heterocycles. The quantitative estimate of drug-likeness (QED) is 0.801. The van der Waals surface area contributed by atoms with Crippen LogP contribution in [0.1, 0.15) is 23.6 Å². The summed E-state index contributed by atoms with van der Waals surface area (Å²) in [5, 5.41) is -0.0973. The van der Waals surface area contributed by atoms with Crippen molar-refractivity contribution in [2.24, 2.45) is 4.99 Å². The minimum atomic E-state index is -3.66. The van der Waals surface area contributed by atoms with Gasteiger partial charge in [0.25, 0.3) is 10.0 Å². The van der Waals surface area contributed by atoms with Crippen LogP contribution in [0.2, 0.25) is 0 Å². The fourth-order valence-electron chi connectivity index (χ4n) is 3.89. The maximum absolute atomic E-state index is 12.9. The van der Waals surface area contributed by atoms with E-state index in [9.17, 15) is 8.42 Å². The van der Waals surface area contributed by atoms with E-state index in [1.54, 1.807) is 16.7 Å². The third-order valence-corrected chi connectivity index (χ3v) is 7.74. The van der Waals surface area contributed by atoms with E-state index < -0.39 is 21.3 Å². The number of nitrogens with zero attached hydrogens (tertiary/aromatic N) is 3. The van der Waals surface area contributed by atoms with Crippen molar-refractivity contribution >= 4 is 40.5 Å². The van der Waals surface area contributed by atoms with Crippen molar-refractivity contribution < 1.29 is 8.42 Å². The van der Waals surface area contributed by atoms with Crippen LogP contribution in [0, 0.1) is 0 Å². The van der Waals surface area contributed by atoms with Crippen LogP contribution in [0.3, 0.4) is 0 Å². The van der Waals surface area contributed by atoms with Crippen LogP contribution >= 0.6 is 11.8 Å². The number of hydrogen-bond acceptors (Lipinski definition) is 6. The molecule has 3 atom stereocenters. The number of aliphatic imine (C=N–C) groups is 1. The molecule has 1 N–H and O–H groups in total. The lowest BCUT2D eigenvalue weighted by Crippen LogP contribution is -2.46. The van der Waals surface area contributed by atoms with Crippen molar-refractivity contribution in [1.29, 1.82) is 0 Å². The molecular weight excluding hydrogens is 355 g/mol. The van der Waals surface area contributed by atoms with E-state index in [1.165, 1.54) is 11.1 Å². The molecule has 1 aliphatic carbocycles. The van der Waals surface area contributed by atoms with Crippen molar-refractivity contribution in [1.82, 2.24) is 9.80 Å². The van der Waals surface area contributed by atoms with Crippen molar-refractivity contribution in [3.63, 3.8) is 0 Å². The Morgan fingerprint density at radius 3 is 2.96 bits per heavy atom. The molecule has 3 aliphatic rings. The van der Waals surface area contributed by atoms with Gasteiger partial charge in [0.1, 0.15) is 7.85 Å². The number of rotatable bonds is 4. The third-order valence-electron chi connectivity index (χ3n) is 5.06. The largest absolute Gasteiger partial charge is 0.331 e. The average Bonchev–Trinajstić information content (AvgIpc) is 3.19. The Hall–Kier alpha value is -1.19. The molecule has 1 aromatic rings.